The molecule has 0 bridgehead atoms. The van der Waals surface area contributed by atoms with Crippen molar-refractivity contribution in [2.75, 3.05) is 26.4 Å². The number of aliphatic hydroxyl groups is 1. The Labute approximate surface area is 188 Å². The van der Waals surface area contributed by atoms with Gasteiger partial charge in [0.1, 0.15) is 29.6 Å². The average molecular weight is 433 g/mol. The number of unbranched alkanes of at least 4 members (excludes halogenated alkanes) is 6. The summed E-state index contributed by atoms with van der Waals surface area (Å²) in [4.78, 5) is 0. The van der Waals surface area contributed by atoms with Crippen molar-refractivity contribution in [3.63, 3.8) is 0 Å². The van der Waals surface area contributed by atoms with E-state index in [4.69, 9.17) is 24.4 Å². The van der Waals surface area contributed by atoms with Crippen molar-refractivity contribution >= 4 is 0 Å². The van der Waals surface area contributed by atoms with Crippen LogP contribution < -0.4 is 14.2 Å². The number of ether oxygens (including phenoxy) is 3. The lowest BCUT2D eigenvalue weighted by Gasteiger charge is -2.07. The zero-order valence-electron chi connectivity index (χ0n) is 19.2. The molecule has 0 saturated heterocycles. The Balaban J connectivity index is 0.000000316. The molecule has 0 aliphatic heterocycles. The fourth-order valence-corrected chi connectivity index (χ4v) is 2.78. The highest BCUT2D eigenvalue weighted by molar-refractivity contribution is 5.31. The summed E-state index contributed by atoms with van der Waals surface area (Å²) in [5, 5.41) is 17.7. The monoisotopic (exact) mass is 432 g/mol. The Kier molecular flexibility index (Phi) is 15.8. The second-order valence-electron chi connectivity index (χ2n) is 7.36. The first kappa shape index (κ1) is 26.6. The van der Waals surface area contributed by atoms with Gasteiger partial charge in [0, 0.05) is 0 Å². The van der Waals surface area contributed by atoms with Crippen molar-refractivity contribution in [1.29, 1.82) is 0 Å². The van der Waals surface area contributed by atoms with Gasteiger partial charge in [-0.15, -0.1) is 0 Å². The van der Waals surface area contributed by atoms with Crippen LogP contribution in [-0.2, 0) is 0 Å². The van der Waals surface area contributed by atoms with Gasteiger partial charge < -0.3 is 24.4 Å². The van der Waals surface area contributed by atoms with Crippen LogP contribution in [0.3, 0.4) is 0 Å². The highest BCUT2D eigenvalue weighted by Crippen LogP contribution is 2.18. The summed E-state index contributed by atoms with van der Waals surface area (Å²) >= 11 is 0. The molecule has 0 unspecified atom stereocenters. The minimum Gasteiger partial charge on any atom is -0.508 e. The van der Waals surface area contributed by atoms with Crippen LogP contribution in [0.2, 0.25) is 0 Å². The van der Waals surface area contributed by atoms with E-state index in [1.165, 1.54) is 38.5 Å². The minimum atomic E-state index is 0.0374. The average Bonchev–Trinajstić information content (AvgIpc) is 2.80. The fraction of sp³-hybridized carbons (Fsp3) is 0.538. The summed E-state index contributed by atoms with van der Waals surface area (Å²) in [7, 11) is 0. The molecule has 2 N–H and O–H groups in total. The number of phenols is 1. The topological polar surface area (TPSA) is 68.2 Å². The number of hydrogen-bond acceptors (Lipinski definition) is 5. The highest BCUT2D eigenvalue weighted by Gasteiger charge is 1.96. The number of aliphatic hydroxyl groups excluding tert-OH is 1. The zero-order valence-corrected chi connectivity index (χ0v) is 19.2. The molecule has 0 fully saturated rings. The molecule has 0 saturated carbocycles. The van der Waals surface area contributed by atoms with Gasteiger partial charge in [0.15, 0.2) is 0 Å². The van der Waals surface area contributed by atoms with Crippen molar-refractivity contribution in [2.45, 2.75) is 65.2 Å². The SMILES string of the molecule is CCCCCCOc1ccc(O)cc1.CCCCCCOc1ccc(OCCO)cc1. The lowest BCUT2D eigenvalue weighted by Crippen LogP contribution is -2.01. The number of hydrogen-bond donors (Lipinski definition) is 2. The van der Waals surface area contributed by atoms with E-state index < -0.39 is 0 Å². The molecular formula is C26H40O5. The molecule has 0 aliphatic rings. The third-order valence-electron chi connectivity index (χ3n) is 4.55. The minimum absolute atomic E-state index is 0.0374. The summed E-state index contributed by atoms with van der Waals surface area (Å²) in [5.41, 5.74) is 0. The van der Waals surface area contributed by atoms with Gasteiger partial charge in [-0.2, -0.15) is 0 Å². The van der Waals surface area contributed by atoms with Crippen LogP contribution in [0.15, 0.2) is 48.5 Å². The first-order valence-electron chi connectivity index (χ1n) is 11.6. The van der Waals surface area contributed by atoms with Crippen molar-refractivity contribution in [2.24, 2.45) is 0 Å². The Morgan fingerprint density at radius 3 is 1.32 bits per heavy atom. The normalized spacial score (nSPS) is 10.2. The van der Waals surface area contributed by atoms with E-state index in [1.54, 1.807) is 24.3 Å². The molecule has 0 heterocycles. The van der Waals surface area contributed by atoms with Gasteiger partial charge in [0.25, 0.3) is 0 Å². The van der Waals surface area contributed by atoms with Crippen LogP contribution in [0, 0.1) is 0 Å². The van der Waals surface area contributed by atoms with Crippen LogP contribution in [0.5, 0.6) is 23.0 Å². The van der Waals surface area contributed by atoms with Crippen molar-refractivity contribution in [3.8, 4) is 23.0 Å². The Morgan fingerprint density at radius 2 is 0.935 bits per heavy atom. The third kappa shape index (κ3) is 14.3. The molecule has 0 atom stereocenters. The molecule has 2 aromatic carbocycles. The van der Waals surface area contributed by atoms with Crippen molar-refractivity contribution in [1.82, 2.24) is 0 Å². The van der Waals surface area contributed by atoms with Crippen LogP contribution in [-0.4, -0.2) is 36.6 Å². The molecule has 2 rings (SSSR count). The highest BCUT2D eigenvalue weighted by atomic mass is 16.5. The molecule has 0 spiro atoms. The van der Waals surface area contributed by atoms with Crippen molar-refractivity contribution in [3.05, 3.63) is 48.5 Å². The van der Waals surface area contributed by atoms with E-state index in [0.29, 0.717) is 6.61 Å². The zero-order chi connectivity index (χ0) is 22.6. The molecule has 0 aromatic heterocycles. The largest absolute Gasteiger partial charge is 0.508 e. The van der Waals surface area contributed by atoms with E-state index in [2.05, 4.69) is 13.8 Å². The van der Waals surface area contributed by atoms with Gasteiger partial charge in [-0.3, -0.25) is 0 Å². The predicted octanol–water partition coefficient (Wildman–Crippen LogP) is 6.37. The van der Waals surface area contributed by atoms with Gasteiger partial charge in [0.05, 0.1) is 19.8 Å². The second kappa shape index (κ2) is 18.4. The first-order valence-corrected chi connectivity index (χ1v) is 11.6. The van der Waals surface area contributed by atoms with E-state index >= 15 is 0 Å². The van der Waals surface area contributed by atoms with Crippen LogP contribution in [0.4, 0.5) is 0 Å². The lowest BCUT2D eigenvalue weighted by molar-refractivity contribution is 0.201. The molecule has 31 heavy (non-hydrogen) atoms. The van der Waals surface area contributed by atoms with Crippen LogP contribution in [0.25, 0.3) is 0 Å². The van der Waals surface area contributed by atoms with Crippen molar-refractivity contribution < 1.29 is 24.4 Å². The number of phenolic OH excluding ortho intramolecular Hbond substituents is 1. The molecule has 0 aliphatic carbocycles. The molecule has 0 radical (unpaired) electrons. The lowest BCUT2D eigenvalue weighted by atomic mass is 10.2. The van der Waals surface area contributed by atoms with Gasteiger partial charge in [0.2, 0.25) is 0 Å². The summed E-state index contributed by atoms with van der Waals surface area (Å²) < 4.78 is 16.4. The van der Waals surface area contributed by atoms with Gasteiger partial charge >= 0.3 is 0 Å². The maximum absolute atomic E-state index is 9.04. The van der Waals surface area contributed by atoms with Gasteiger partial charge in [-0.05, 0) is 61.4 Å². The van der Waals surface area contributed by atoms with E-state index in [1.807, 2.05) is 24.3 Å². The number of rotatable bonds is 15. The quantitative estimate of drug-likeness (QED) is 0.320. The maximum atomic E-state index is 9.04. The molecular weight excluding hydrogens is 392 g/mol. The Bertz CT molecular complexity index is 640. The Morgan fingerprint density at radius 1 is 0.548 bits per heavy atom. The molecule has 5 heteroatoms. The fourth-order valence-electron chi connectivity index (χ4n) is 2.78. The summed E-state index contributed by atoms with van der Waals surface area (Å²) in [6.45, 7) is 6.31. The van der Waals surface area contributed by atoms with Gasteiger partial charge in [-0.1, -0.05) is 52.4 Å². The van der Waals surface area contributed by atoms with Crippen LogP contribution >= 0.6 is 0 Å². The standard InChI is InChI=1S/C14H22O3.C12H18O2/c1-2-3-4-5-11-16-13-6-8-14(9-7-13)17-12-10-15;1-2-3-4-5-10-14-12-8-6-11(13)7-9-12/h6-9,15H,2-5,10-12H2,1H3;6-9,13H,2-5,10H2,1H3. The van der Waals surface area contributed by atoms with Crippen LogP contribution in [0.1, 0.15) is 65.2 Å². The molecule has 2 aromatic rings. The second-order valence-corrected chi connectivity index (χ2v) is 7.36. The van der Waals surface area contributed by atoms with Gasteiger partial charge in [-0.25, -0.2) is 0 Å². The van der Waals surface area contributed by atoms with E-state index in [-0.39, 0.29) is 12.4 Å². The number of aromatic hydroxyl groups is 1. The molecule has 174 valence electrons. The summed E-state index contributed by atoms with van der Waals surface area (Å²) in [5.74, 6) is 2.75. The smallest absolute Gasteiger partial charge is 0.119 e. The summed E-state index contributed by atoms with van der Waals surface area (Å²) in [6, 6.07) is 14.4. The third-order valence-corrected chi connectivity index (χ3v) is 4.55. The summed E-state index contributed by atoms with van der Waals surface area (Å²) in [6.07, 6.45) is 9.72. The van der Waals surface area contributed by atoms with E-state index in [9.17, 15) is 0 Å². The maximum Gasteiger partial charge on any atom is 0.119 e. The van der Waals surface area contributed by atoms with E-state index in [0.717, 1.165) is 43.3 Å². The predicted molar refractivity (Wildman–Crippen MR) is 126 cm³/mol. The Hall–Kier alpha value is -2.40. The molecule has 5 nitrogen and oxygen atoms in total. The molecule has 0 amide bonds. The number of benzene rings is 2. The first-order chi connectivity index (χ1) is 15.2.